The lowest BCUT2D eigenvalue weighted by molar-refractivity contribution is -0.143. The van der Waals surface area contributed by atoms with Gasteiger partial charge >= 0.3 is 5.97 Å². The van der Waals surface area contributed by atoms with Crippen LogP contribution in [0.3, 0.4) is 0 Å². The Kier molecular flexibility index (Phi) is 4.27. The zero-order valence-electron chi connectivity index (χ0n) is 10.9. The molecule has 0 saturated carbocycles. The lowest BCUT2D eigenvalue weighted by Crippen LogP contribution is -2.44. The van der Waals surface area contributed by atoms with E-state index in [9.17, 15) is 9.59 Å². The molecule has 6 nitrogen and oxygen atoms in total. The third-order valence-corrected chi connectivity index (χ3v) is 2.80. The summed E-state index contributed by atoms with van der Waals surface area (Å²) >= 11 is 0. The van der Waals surface area contributed by atoms with Gasteiger partial charge in [-0.15, -0.1) is 0 Å². The number of pyridine rings is 1. The molecule has 0 saturated heterocycles. The minimum Gasteiger partial charge on any atom is -0.467 e. The summed E-state index contributed by atoms with van der Waals surface area (Å²) in [5.41, 5.74) is 0.852. The lowest BCUT2D eigenvalue weighted by atomic mass is 10.2. The van der Waals surface area contributed by atoms with E-state index < -0.39 is 24.5 Å². The fourth-order valence-electron chi connectivity index (χ4n) is 1.75. The molecule has 1 aromatic carbocycles. The highest BCUT2D eigenvalue weighted by molar-refractivity contribution is 5.97. The summed E-state index contributed by atoms with van der Waals surface area (Å²) in [6.07, 6.45) is 0. The molecule has 2 aromatic rings. The number of aliphatic hydroxyl groups excluding tert-OH is 1. The molecule has 0 spiro atoms. The van der Waals surface area contributed by atoms with E-state index in [2.05, 4.69) is 15.0 Å². The van der Waals surface area contributed by atoms with Crippen LogP contribution in [0.4, 0.5) is 0 Å². The molecule has 0 fully saturated rings. The summed E-state index contributed by atoms with van der Waals surface area (Å²) in [6, 6.07) is 9.60. The van der Waals surface area contributed by atoms with E-state index in [1.54, 1.807) is 18.2 Å². The molecule has 1 unspecified atom stereocenters. The standard InChI is InChI=1S/C14H14N2O4/c1-20-14(19)12(8-17)16-13(18)11-7-6-9-4-2-3-5-10(9)15-11/h2-7,12,17H,8H2,1H3,(H,16,18). The molecule has 6 heteroatoms. The number of hydrogen-bond acceptors (Lipinski definition) is 5. The van der Waals surface area contributed by atoms with Crippen molar-refractivity contribution in [2.24, 2.45) is 0 Å². The van der Waals surface area contributed by atoms with Crippen LogP contribution in [-0.4, -0.2) is 41.7 Å². The summed E-state index contributed by atoms with van der Waals surface area (Å²) in [5.74, 6) is -1.25. The number of hydrogen-bond donors (Lipinski definition) is 2. The zero-order valence-corrected chi connectivity index (χ0v) is 10.9. The van der Waals surface area contributed by atoms with Crippen molar-refractivity contribution in [3.8, 4) is 0 Å². The van der Waals surface area contributed by atoms with Gasteiger partial charge in [0.05, 0.1) is 19.2 Å². The van der Waals surface area contributed by atoms with Crippen LogP contribution in [0.1, 0.15) is 10.5 Å². The van der Waals surface area contributed by atoms with Gasteiger partial charge in [-0.3, -0.25) is 4.79 Å². The number of ether oxygens (including phenoxy) is 1. The van der Waals surface area contributed by atoms with Crippen molar-refractivity contribution < 1.29 is 19.4 Å². The number of para-hydroxylation sites is 1. The summed E-state index contributed by atoms with van der Waals surface area (Å²) in [6.45, 7) is -0.536. The molecule has 2 rings (SSSR count). The highest BCUT2D eigenvalue weighted by Crippen LogP contribution is 2.11. The van der Waals surface area contributed by atoms with Gasteiger partial charge in [0.2, 0.25) is 0 Å². The third kappa shape index (κ3) is 2.92. The van der Waals surface area contributed by atoms with Gasteiger partial charge in [0.25, 0.3) is 5.91 Å². The first-order valence-electron chi connectivity index (χ1n) is 6.01. The average Bonchev–Trinajstić information content (AvgIpc) is 2.51. The molecule has 0 aliphatic rings. The van der Waals surface area contributed by atoms with Crippen molar-refractivity contribution in [3.05, 3.63) is 42.1 Å². The van der Waals surface area contributed by atoms with Crippen molar-refractivity contribution in [3.63, 3.8) is 0 Å². The Balaban J connectivity index is 2.20. The summed E-state index contributed by atoms with van der Waals surface area (Å²) in [4.78, 5) is 27.5. The van der Waals surface area contributed by atoms with E-state index in [-0.39, 0.29) is 5.69 Å². The first-order chi connectivity index (χ1) is 9.65. The molecular weight excluding hydrogens is 260 g/mol. The second kappa shape index (κ2) is 6.12. The number of carbonyl (C=O) groups excluding carboxylic acids is 2. The molecular formula is C14H14N2O4. The Hall–Kier alpha value is -2.47. The molecule has 104 valence electrons. The van der Waals surface area contributed by atoms with Crippen LogP contribution in [0.15, 0.2) is 36.4 Å². The van der Waals surface area contributed by atoms with Gasteiger partial charge in [0.15, 0.2) is 6.04 Å². The summed E-state index contributed by atoms with van der Waals surface area (Å²) in [5, 5.41) is 12.3. The number of methoxy groups -OCH3 is 1. The molecule has 0 radical (unpaired) electrons. The van der Waals surface area contributed by atoms with Crippen LogP contribution >= 0.6 is 0 Å². The van der Waals surface area contributed by atoms with E-state index in [0.29, 0.717) is 5.52 Å². The van der Waals surface area contributed by atoms with Gasteiger partial charge in [-0.05, 0) is 12.1 Å². The normalized spacial score (nSPS) is 11.9. The molecule has 2 N–H and O–H groups in total. The van der Waals surface area contributed by atoms with Crippen molar-refractivity contribution in [2.75, 3.05) is 13.7 Å². The van der Waals surface area contributed by atoms with E-state index in [1.165, 1.54) is 7.11 Å². The minimum atomic E-state index is -1.10. The van der Waals surface area contributed by atoms with Crippen molar-refractivity contribution in [1.29, 1.82) is 0 Å². The van der Waals surface area contributed by atoms with E-state index in [0.717, 1.165) is 5.39 Å². The monoisotopic (exact) mass is 274 g/mol. The van der Waals surface area contributed by atoms with Gasteiger partial charge in [-0.1, -0.05) is 24.3 Å². The predicted molar refractivity (Wildman–Crippen MR) is 72.1 cm³/mol. The molecule has 0 aliphatic heterocycles. The SMILES string of the molecule is COC(=O)C(CO)NC(=O)c1ccc2ccccc2n1. The number of nitrogens with one attached hydrogen (secondary N) is 1. The maximum Gasteiger partial charge on any atom is 0.330 e. The maximum atomic E-state index is 12.0. The minimum absolute atomic E-state index is 0.172. The second-order valence-corrected chi connectivity index (χ2v) is 4.12. The Morgan fingerprint density at radius 1 is 1.30 bits per heavy atom. The highest BCUT2D eigenvalue weighted by Gasteiger charge is 2.21. The van der Waals surface area contributed by atoms with Gasteiger partial charge in [0.1, 0.15) is 5.69 Å². The van der Waals surface area contributed by atoms with Crippen LogP contribution in [-0.2, 0) is 9.53 Å². The van der Waals surface area contributed by atoms with Crippen molar-refractivity contribution in [2.45, 2.75) is 6.04 Å². The fraction of sp³-hybridized carbons (Fsp3) is 0.214. The molecule has 0 bridgehead atoms. The predicted octanol–water partition coefficient (Wildman–Crippen LogP) is 0.498. The quantitative estimate of drug-likeness (QED) is 0.792. The first-order valence-corrected chi connectivity index (χ1v) is 6.01. The highest BCUT2D eigenvalue weighted by atomic mass is 16.5. The number of nitrogens with zero attached hydrogens (tertiary/aromatic N) is 1. The van der Waals surface area contributed by atoms with Crippen LogP contribution < -0.4 is 5.32 Å². The van der Waals surface area contributed by atoms with Crippen molar-refractivity contribution >= 4 is 22.8 Å². The molecule has 1 amide bonds. The second-order valence-electron chi connectivity index (χ2n) is 4.12. The third-order valence-electron chi connectivity index (χ3n) is 2.80. The van der Waals surface area contributed by atoms with Crippen LogP contribution in [0, 0.1) is 0 Å². The largest absolute Gasteiger partial charge is 0.467 e. The summed E-state index contributed by atoms with van der Waals surface area (Å²) in [7, 11) is 1.19. The van der Waals surface area contributed by atoms with Crippen LogP contribution in [0.2, 0.25) is 0 Å². The van der Waals surface area contributed by atoms with Crippen molar-refractivity contribution in [1.82, 2.24) is 10.3 Å². The molecule has 20 heavy (non-hydrogen) atoms. The number of rotatable bonds is 4. The lowest BCUT2D eigenvalue weighted by Gasteiger charge is -2.13. The zero-order chi connectivity index (χ0) is 14.5. The van der Waals surface area contributed by atoms with Gasteiger partial charge in [-0.2, -0.15) is 0 Å². The molecule has 1 aromatic heterocycles. The Labute approximate surface area is 115 Å². The van der Waals surface area contributed by atoms with Gasteiger partial charge < -0.3 is 15.2 Å². The maximum absolute atomic E-state index is 12.0. The Morgan fingerprint density at radius 2 is 2.05 bits per heavy atom. The fourth-order valence-corrected chi connectivity index (χ4v) is 1.75. The molecule has 0 aliphatic carbocycles. The number of aliphatic hydroxyl groups is 1. The molecule has 1 heterocycles. The number of aromatic nitrogens is 1. The smallest absolute Gasteiger partial charge is 0.330 e. The van der Waals surface area contributed by atoms with E-state index >= 15 is 0 Å². The number of esters is 1. The topological polar surface area (TPSA) is 88.5 Å². The van der Waals surface area contributed by atoms with Gasteiger partial charge in [-0.25, -0.2) is 9.78 Å². The van der Waals surface area contributed by atoms with E-state index in [4.69, 9.17) is 5.11 Å². The number of amides is 1. The number of carbonyl (C=O) groups is 2. The Morgan fingerprint density at radius 3 is 2.75 bits per heavy atom. The summed E-state index contributed by atoms with van der Waals surface area (Å²) < 4.78 is 4.48. The van der Waals surface area contributed by atoms with E-state index in [1.807, 2.05) is 18.2 Å². The molecule has 1 atom stereocenters. The number of benzene rings is 1. The number of fused-ring (bicyclic) bond motifs is 1. The van der Waals surface area contributed by atoms with Crippen LogP contribution in [0.5, 0.6) is 0 Å². The first kappa shape index (κ1) is 14.0. The average molecular weight is 274 g/mol. The van der Waals surface area contributed by atoms with Gasteiger partial charge in [0, 0.05) is 5.39 Å². The van der Waals surface area contributed by atoms with Crippen LogP contribution in [0.25, 0.3) is 10.9 Å². The Bertz CT molecular complexity index is 642.